The van der Waals surface area contributed by atoms with Gasteiger partial charge in [-0.2, -0.15) is 5.26 Å². The van der Waals surface area contributed by atoms with E-state index in [0.29, 0.717) is 0 Å². The normalized spacial score (nSPS) is 18.4. The SMILES string of the molecule is CCCCC1CC=C(CCc2ccc(C#N)cc2)CC1. The highest BCUT2D eigenvalue weighted by atomic mass is 14.2. The van der Waals surface area contributed by atoms with Crippen molar-refractivity contribution in [1.29, 1.82) is 5.26 Å². The number of aryl methyl sites for hydroxylation is 1. The van der Waals surface area contributed by atoms with Crippen molar-refractivity contribution in [1.82, 2.24) is 0 Å². The standard InChI is InChI=1S/C19H25N/c1-2-3-4-16-5-7-17(8-6-16)9-10-18-11-13-19(15-20)14-12-18/h7,11-14,16H,2-6,8-10H2,1H3. The molecule has 106 valence electrons. The second-order valence-corrected chi connectivity index (χ2v) is 5.95. The summed E-state index contributed by atoms with van der Waals surface area (Å²) in [6.45, 7) is 2.28. The third-order valence-electron chi connectivity index (χ3n) is 4.40. The fourth-order valence-corrected chi connectivity index (χ4v) is 2.98. The Kier molecular flexibility index (Phi) is 5.87. The van der Waals surface area contributed by atoms with Crippen molar-refractivity contribution in [2.24, 2.45) is 5.92 Å². The first-order valence-electron chi connectivity index (χ1n) is 7.98. The molecular formula is C19H25N. The average molecular weight is 267 g/mol. The topological polar surface area (TPSA) is 23.8 Å². The lowest BCUT2D eigenvalue weighted by molar-refractivity contribution is 0.418. The second kappa shape index (κ2) is 7.90. The second-order valence-electron chi connectivity index (χ2n) is 5.95. The fourth-order valence-electron chi connectivity index (χ4n) is 2.98. The molecule has 1 aromatic rings. The summed E-state index contributed by atoms with van der Waals surface area (Å²) >= 11 is 0. The van der Waals surface area contributed by atoms with Gasteiger partial charge in [0.2, 0.25) is 0 Å². The highest BCUT2D eigenvalue weighted by Gasteiger charge is 2.13. The third kappa shape index (κ3) is 4.53. The molecule has 2 rings (SSSR count). The van der Waals surface area contributed by atoms with E-state index in [0.717, 1.165) is 17.9 Å². The first kappa shape index (κ1) is 14.9. The van der Waals surface area contributed by atoms with Gasteiger partial charge in [-0.1, -0.05) is 50.0 Å². The zero-order valence-corrected chi connectivity index (χ0v) is 12.6. The van der Waals surface area contributed by atoms with Gasteiger partial charge >= 0.3 is 0 Å². The van der Waals surface area contributed by atoms with Crippen molar-refractivity contribution in [2.75, 3.05) is 0 Å². The molecule has 0 aliphatic heterocycles. The van der Waals surface area contributed by atoms with Crippen LogP contribution in [0.3, 0.4) is 0 Å². The minimum atomic E-state index is 0.754. The summed E-state index contributed by atoms with van der Waals surface area (Å²) in [6, 6.07) is 10.2. The lowest BCUT2D eigenvalue weighted by Gasteiger charge is -2.21. The molecule has 0 bridgehead atoms. The largest absolute Gasteiger partial charge is 0.192 e. The predicted molar refractivity (Wildman–Crippen MR) is 84.4 cm³/mol. The Labute approximate surface area is 123 Å². The van der Waals surface area contributed by atoms with Crippen LogP contribution in [0, 0.1) is 17.2 Å². The molecule has 1 aliphatic rings. The van der Waals surface area contributed by atoms with Crippen molar-refractivity contribution in [3.8, 4) is 6.07 Å². The Morgan fingerprint density at radius 1 is 1.20 bits per heavy atom. The van der Waals surface area contributed by atoms with Gasteiger partial charge in [-0.05, 0) is 55.7 Å². The molecule has 20 heavy (non-hydrogen) atoms. The van der Waals surface area contributed by atoms with Crippen LogP contribution >= 0.6 is 0 Å². The number of nitriles is 1. The maximum Gasteiger partial charge on any atom is 0.0991 e. The fraction of sp³-hybridized carbons (Fsp3) is 0.526. The van der Waals surface area contributed by atoms with Crippen molar-refractivity contribution in [2.45, 2.75) is 58.3 Å². The quantitative estimate of drug-likeness (QED) is 0.632. The van der Waals surface area contributed by atoms with E-state index in [2.05, 4.69) is 31.2 Å². The summed E-state index contributed by atoms with van der Waals surface area (Å²) in [4.78, 5) is 0. The average Bonchev–Trinajstić information content (AvgIpc) is 2.52. The summed E-state index contributed by atoms with van der Waals surface area (Å²) < 4.78 is 0. The van der Waals surface area contributed by atoms with Gasteiger partial charge in [0.05, 0.1) is 11.6 Å². The highest BCUT2D eigenvalue weighted by molar-refractivity contribution is 5.31. The Balaban J connectivity index is 1.77. The molecule has 0 heterocycles. The van der Waals surface area contributed by atoms with E-state index in [-0.39, 0.29) is 0 Å². The number of benzene rings is 1. The van der Waals surface area contributed by atoms with Crippen LogP contribution in [0.4, 0.5) is 0 Å². The van der Waals surface area contributed by atoms with Gasteiger partial charge in [-0.25, -0.2) is 0 Å². The summed E-state index contributed by atoms with van der Waals surface area (Å²) in [5.41, 5.74) is 3.74. The monoisotopic (exact) mass is 267 g/mol. The summed E-state index contributed by atoms with van der Waals surface area (Å²) in [7, 11) is 0. The molecule has 1 aliphatic carbocycles. The van der Waals surface area contributed by atoms with Crippen LogP contribution in [-0.2, 0) is 6.42 Å². The molecule has 0 N–H and O–H groups in total. The van der Waals surface area contributed by atoms with Crippen LogP contribution in [0.15, 0.2) is 35.9 Å². The van der Waals surface area contributed by atoms with Gasteiger partial charge in [0.1, 0.15) is 0 Å². The zero-order valence-electron chi connectivity index (χ0n) is 12.6. The highest BCUT2D eigenvalue weighted by Crippen LogP contribution is 2.29. The van der Waals surface area contributed by atoms with Crippen LogP contribution in [-0.4, -0.2) is 0 Å². The Morgan fingerprint density at radius 2 is 2.00 bits per heavy atom. The Hall–Kier alpha value is -1.55. The van der Waals surface area contributed by atoms with Gasteiger partial charge in [0.15, 0.2) is 0 Å². The van der Waals surface area contributed by atoms with E-state index in [4.69, 9.17) is 5.26 Å². The summed E-state index contributed by atoms with van der Waals surface area (Å²) in [6.07, 6.45) is 12.9. The van der Waals surface area contributed by atoms with Gasteiger partial charge in [-0.15, -0.1) is 0 Å². The molecule has 1 unspecified atom stereocenters. The molecule has 0 radical (unpaired) electrons. The molecule has 0 aromatic heterocycles. The van der Waals surface area contributed by atoms with E-state index in [9.17, 15) is 0 Å². The smallest absolute Gasteiger partial charge is 0.0991 e. The van der Waals surface area contributed by atoms with E-state index < -0.39 is 0 Å². The molecule has 0 spiro atoms. The van der Waals surface area contributed by atoms with Gasteiger partial charge in [-0.3, -0.25) is 0 Å². The lowest BCUT2D eigenvalue weighted by Crippen LogP contribution is -2.06. The summed E-state index contributed by atoms with van der Waals surface area (Å²) in [5, 5.41) is 8.79. The minimum Gasteiger partial charge on any atom is -0.192 e. The molecule has 1 heteroatoms. The minimum absolute atomic E-state index is 0.754. The van der Waals surface area contributed by atoms with Crippen molar-refractivity contribution >= 4 is 0 Å². The summed E-state index contributed by atoms with van der Waals surface area (Å²) in [5.74, 6) is 0.939. The number of hydrogen-bond donors (Lipinski definition) is 0. The number of allylic oxidation sites excluding steroid dienone is 2. The molecule has 0 saturated heterocycles. The van der Waals surface area contributed by atoms with E-state index in [1.807, 2.05) is 12.1 Å². The first-order chi connectivity index (χ1) is 9.81. The van der Waals surface area contributed by atoms with E-state index in [1.165, 1.54) is 50.5 Å². The molecule has 0 saturated carbocycles. The molecule has 1 aromatic carbocycles. The maximum absolute atomic E-state index is 8.79. The van der Waals surface area contributed by atoms with E-state index in [1.54, 1.807) is 5.57 Å². The molecule has 0 fully saturated rings. The van der Waals surface area contributed by atoms with E-state index >= 15 is 0 Å². The number of nitrogens with zero attached hydrogens (tertiary/aromatic N) is 1. The van der Waals surface area contributed by atoms with Crippen LogP contribution in [0.2, 0.25) is 0 Å². The van der Waals surface area contributed by atoms with Crippen LogP contribution in [0.25, 0.3) is 0 Å². The third-order valence-corrected chi connectivity index (χ3v) is 4.40. The molecule has 1 nitrogen and oxygen atoms in total. The Morgan fingerprint density at radius 3 is 2.60 bits per heavy atom. The predicted octanol–water partition coefficient (Wildman–Crippen LogP) is 5.41. The van der Waals surface area contributed by atoms with Gasteiger partial charge < -0.3 is 0 Å². The lowest BCUT2D eigenvalue weighted by atomic mass is 9.84. The van der Waals surface area contributed by atoms with Crippen LogP contribution in [0.5, 0.6) is 0 Å². The van der Waals surface area contributed by atoms with Crippen molar-refractivity contribution in [3.05, 3.63) is 47.0 Å². The maximum atomic E-state index is 8.79. The zero-order chi connectivity index (χ0) is 14.2. The van der Waals surface area contributed by atoms with Gasteiger partial charge in [0.25, 0.3) is 0 Å². The number of unbranched alkanes of at least 4 members (excludes halogenated alkanes) is 1. The molecule has 0 amide bonds. The van der Waals surface area contributed by atoms with Crippen LogP contribution in [0.1, 0.15) is 63.0 Å². The number of rotatable bonds is 6. The van der Waals surface area contributed by atoms with Gasteiger partial charge in [0, 0.05) is 0 Å². The van der Waals surface area contributed by atoms with Crippen molar-refractivity contribution in [3.63, 3.8) is 0 Å². The van der Waals surface area contributed by atoms with Crippen LogP contribution < -0.4 is 0 Å². The first-order valence-corrected chi connectivity index (χ1v) is 7.98. The number of hydrogen-bond acceptors (Lipinski definition) is 1. The molecular weight excluding hydrogens is 242 g/mol. The molecule has 1 atom stereocenters. The van der Waals surface area contributed by atoms with Crippen molar-refractivity contribution < 1.29 is 0 Å². The Bertz CT molecular complexity index is 475.